The van der Waals surface area contributed by atoms with E-state index in [0.29, 0.717) is 56.2 Å². The number of Topliss-reactive ketones (excluding diaryl/α,β-unsaturated/α-hetero) is 1. The zero-order valence-electron chi connectivity index (χ0n) is 22.4. The molecular formula is C32H31NO7. The summed E-state index contributed by atoms with van der Waals surface area (Å²) in [5.41, 5.74) is 2.73. The number of allylic oxidation sites excluding steroid dienone is 1. The number of carbonyl (C=O) groups excluding carboxylic acids is 3. The Kier molecular flexibility index (Phi) is 6.78. The van der Waals surface area contributed by atoms with Crippen molar-refractivity contribution >= 4 is 34.7 Å². The van der Waals surface area contributed by atoms with Crippen molar-refractivity contribution in [1.29, 1.82) is 0 Å². The van der Waals surface area contributed by atoms with E-state index in [1.807, 2.05) is 24.3 Å². The summed E-state index contributed by atoms with van der Waals surface area (Å²) in [6.07, 6.45) is 6.99. The first-order valence-corrected chi connectivity index (χ1v) is 14.0. The molecule has 40 heavy (non-hydrogen) atoms. The first-order chi connectivity index (χ1) is 19.3. The van der Waals surface area contributed by atoms with Crippen LogP contribution in [0.1, 0.15) is 90.4 Å². The minimum atomic E-state index is -0.792. The Morgan fingerprint density at radius 2 is 1.85 bits per heavy atom. The molecule has 2 aromatic carbocycles. The first-order valence-electron chi connectivity index (χ1n) is 14.0. The van der Waals surface area contributed by atoms with Crippen molar-refractivity contribution in [3.63, 3.8) is 0 Å². The molecule has 0 fully saturated rings. The number of benzene rings is 2. The SMILES string of the molecule is C[C@H]1CCCC(=O)CCC/C=C/c2cc3c(c(O)c2C(=O)O1)[C@H](c1cc2cccc4c2n(c1=O)CC4)CC(=O)O3. The third-order valence-electron chi connectivity index (χ3n) is 8.18. The van der Waals surface area contributed by atoms with E-state index in [2.05, 4.69) is 0 Å². The molecule has 1 N–H and O–H groups in total. The normalized spacial score (nSPS) is 22.2. The highest BCUT2D eigenvalue weighted by Gasteiger charge is 2.37. The summed E-state index contributed by atoms with van der Waals surface area (Å²) >= 11 is 0. The second-order valence-electron chi connectivity index (χ2n) is 10.9. The number of carbonyl (C=O) groups is 3. The van der Waals surface area contributed by atoms with Gasteiger partial charge in [-0.15, -0.1) is 0 Å². The van der Waals surface area contributed by atoms with Gasteiger partial charge in [0.05, 0.1) is 18.0 Å². The number of fused-ring (bicyclic) bond motifs is 2. The van der Waals surface area contributed by atoms with Crippen molar-refractivity contribution in [2.24, 2.45) is 0 Å². The van der Waals surface area contributed by atoms with Gasteiger partial charge in [-0.05, 0) is 67.7 Å². The number of aromatic hydroxyl groups is 1. The molecule has 3 aliphatic rings. The number of pyridine rings is 1. The number of cyclic esters (lactones) is 1. The smallest absolute Gasteiger partial charge is 0.342 e. The number of ether oxygens (including phenoxy) is 2. The lowest BCUT2D eigenvalue weighted by atomic mass is 9.83. The van der Waals surface area contributed by atoms with Crippen LogP contribution in [0.2, 0.25) is 0 Å². The Bertz CT molecular complexity index is 1650. The minimum Gasteiger partial charge on any atom is -0.507 e. The molecule has 3 aliphatic heterocycles. The monoisotopic (exact) mass is 541 g/mol. The second kappa shape index (κ2) is 10.4. The van der Waals surface area contributed by atoms with E-state index in [1.54, 1.807) is 29.7 Å². The van der Waals surface area contributed by atoms with Crippen LogP contribution in [0.3, 0.4) is 0 Å². The number of phenols is 1. The number of hydrogen-bond donors (Lipinski definition) is 1. The summed E-state index contributed by atoms with van der Waals surface area (Å²) in [5.74, 6) is -2.05. The van der Waals surface area contributed by atoms with E-state index in [-0.39, 0.29) is 40.4 Å². The predicted octanol–water partition coefficient (Wildman–Crippen LogP) is 5.19. The molecule has 8 heteroatoms. The Hall–Kier alpha value is -4.20. The number of esters is 2. The fourth-order valence-corrected chi connectivity index (χ4v) is 6.23. The molecule has 1 aromatic heterocycles. The molecule has 8 nitrogen and oxygen atoms in total. The largest absolute Gasteiger partial charge is 0.507 e. The minimum absolute atomic E-state index is 0.0225. The van der Waals surface area contributed by atoms with E-state index in [1.165, 1.54) is 0 Å². The number of hydrogen-bond acceptors (Lipinski definition) is 7. The zero-order valence-corrected chi connectivity index (χ0v) is 22.4. The van der Waals surface area contributed by atoms with Gasteiger partial charge in [-0.1, -0.05) is 30.4 Å². The van der Waals surface area contributed by atoms with Crippen LogP contribution in [0.5, 0.6) is 11.5 Å². The quantitative estimate of drug-likeness (QED) is 0.333. The highest BCUT2D eigenvalue weighted by Crippen LogP contribution is 2.47. The molecule has 0 saturated carbocycles. The topological polar surface area (TPSA) is 112 Å². The highest BCUT2D eigenvalue weighted by molar-refractivity contribution is 5.99. The van der Waals surface area contributed by atoms with E-state index in [0.717, 1.165) is 22.9 Å². The third kappa shape index (κ3) is 4.61. The van der Waals surface area contributed by atoms with Gasteiger partial charge in [-0.3, -0.25) is 14.4 Å². The van der Waals surface area contributed by atoms with Crippen molar-refractivity contribution < 1.29 is 29.0 Å². The molecule has 4 heterocycles. The summed E-state index contributed by atoms with van der Waals surface area (Å²) in [5, 5.41) is 12.5. The molecule has 0 radical (unpaired) electrons. The van der Waals surface area contributed by atoms with Crippen molar-refractivity contribution in [3.8, 4) is 11.5 Å². The van der Waals surface area contributed by atoms with Gasteiger partial charge in [0.25, 0.3) is 5.56 Å². The van der Waals surface area contributed by atoms with Crippen LogP contribution < -0.4 is 10.3 Å². The third-order valence-corrected chi connectivity index (χ3v) is 8.18. The van der Waals surface area contributed by atoms with Gasteiger partial charge in [-0.25, -0.2) is 4.79 Å². The number of para-hydroxylation sites is 1. The molecule has 0 spiro atoms. The lowest BCUT2D eigenvalue weighted by molar-refractivity contribution is -0.135. The van der Waals surface area contributed by atoms with Crippen LogP contribution >= 0.6 is 0 Å². The van der Waals surface area contributed by atoms with E-state index < -0.39 is 24.0 Å². The first kappa shape index (κ1) is 26.0. The molecule has 0 unspecified atom stereocenters. The standard InChI is InChI=1S/C32H31NO7/c1-18-7-5-12-22(34)11-4-2-3-8-20-16-25-28(30(36)27(20)32(38)39-18)23(17-26(35)40-25)24-15-21-10-6-9-19-13-14-33(29(19)21)31(24)37/h3,6,8-10,15-16,18,23,36H,2,4-5,7,11-14,17H2,1H3/b8-3+/t18-,23-/m0/s1. The molecule has 3 aromatic rings. The van der Waals surface area contributed by atoms with Crippen LogP contribution in [0.25, 0.3) is 17.0 Å². The van der Waals surface area contributed by atoms with Crippen molar-refractivity contribution in [1.82, 2.24) is 4.57 Å². The number of aromatic nitrogens is 1. The van der Waals surface area contributed by atoms with Gasteiger partial charge in [0.2, 0.25) is 0 Å². The maximum Gasteiger partial charge on any atom is 0.342 e. The Balaban J connectivity index is 1.50. The van der Waals surface area contributed by atoms with Crippen LogP contribution in [0.15, 0.2) is 41.2 Å². The number of nitrogens with zero attached hydrogens (tertiary/aromatic N) is 1. The fourth-order valence-electron chi connectivity index (χ4n) is 6.23. The number of ketones is 1. The average molecular weight is 542 g/mol. The van der Waals surface area contributed by atoms with Gasteiger partial charge in [-0.2, -0.15) is 0 Å². The van der Waals surface area contributed by atoms with Crippen LogP contribution in [-0.2, 0) is 27.3 Å². The molecule has 6 rings (SSSR count). The summed E-state index contributed by atoms with van der Waals surface area (Å²) in [6.45, 7) is 2.31. The molecule has 0 saturated heterocycles. The number of phenolic OH excluding ortho intramolecular Hbond substituents is 1. The number of aryl methyl sites for hydroxylation is 2. The maximum absolute atomic E-state index is 13.7. The van der Waals surface area contributed by atoms with Crippen molar-refractivity contribution in [2.45, 2.75) is 76.9 Å². The highest BCUT2D eigenvalue weighted by atomic mass is 16.5. The lowest BCUT2D eigenvalue weighted by Gasteiger charge is -2.27. The van der Waals surface area contributed by atoms with Crippen LogP contribution in [-0.4, -0.2) is 33.5 Å². The Morgan fingerprint density at radius 3 is 2.70 bits per heavy atom. The van der Waals surface area contributed by atoms with Crippen molar-refractivity contribution in [2.75, 3.05) is 0 Å². The molecule has 206 valence electrons. The van der Waals surface area contributed by atoms with Gasteiger partial charge in [0.1, 0.15) is 22.8 Å². The predicted molar refractivity (Wildman–Crippen MR) is 149 cm³/mol. The van der Waals surface area contributed by atoms with Gasteiger partial charge < -0.3 is 19.1 Å². The summed E-state index contributed by atoms with van der Waals surface area (Å²) in [6, 6.07) is 9.25. The summed E-state index contributed by atoms with van der Waals surface area (Å²) in [4.78, 5) is 52.1. The fraction of sp³-hybridized carbons (Fsp3) is 0.375. The second-order valence-corrected chi connectivity index (χ2v) is 10.9. The summed E-state index contributed by atoms with van der Waals surface area (Å²) in [7, 11) is 0. The van der Waals surface area contributed by atoms with Gasteiger partial charge in [0, 0.05) is 36.4 Å². The van der Waals surface area contributed by atoms with Gasteiger partial charge in [0.15, 0.2) is 0 Å². The maximum atomic E-state index is 13.7. The molecule has 2 atom stereocenters. The van der Waals surface area contributed by atoms with Crippen LogP contribution in [0, 0.1) is 0 Å². The Labute approximate surface area is 231 Å². The average Bonchev–Trinajstić information content (AvgIpc) is 3.35. The Morgan fingerprint density at radius 1 is 1.02 bits per heavy atom. The number of rotatable bonds is 1. The molecule has 0 amide bonds. The molecule has 0 aliphatic carbocycles. The summed E-state index contributed by atoms with van der Waals surface area (Å²) < 4.78 is 13.0. The van der Waals surface area contributed by atoms with Crippen molar-refractivity contribution in [3.05, 3.63) is 74.6 Å². The van der Waals surface area contributed by atoms with E-state index in [4.69, 9.17) is 9.47 Å². The molecular weight excluding hydrogens is 510 g/mol. The van der Waals surface area contributed by atoms with E-state index >= 15 is 0 Å². The van der Waals surface area contributed by atoms with E-state index in [9.17, 15) is 24.3 Å². The van der Waals surface area contributed by atoms with Gasteiger partial charge >= 0.3 is 11.9 Å². The molecule has 0 bridgehead atoms. The lowest BCUT2D eigenvalue weighted by Crippen LogP contribution is -2.29. The van der Waals surface area contributed by atoms with Crippen LogP contribution in [0.4, 0.5) is 0 Å². The zero-order chi connectivity index (χ0) is 28.0.